The zero-order valence-corrected chi connectivity index (χ0v) is 20.7. The van der Waals surface area contributed by atoms with E-state index in [2.05, 4.69) is 25.2 Å². The van der Waals surface area contributed by atoms with Crippen LogP contribution >= 0.6 is 7.52 Å². The van der Waals surface area contributed by atoms with Crippen molar-refractivity contribution in [3.63, 3.8) is 0 Å². The van der Waals surface area contributed by atoms with E-state index in [4.69, 9.17) is 15.2 Å². The molecule has 1 aromatic carbocycles. The van der Waals surface area contributed by atoms with Crippen LogP contribution in [-0.4, -0.2) is 60.3 Å². The van der Waals surface area contributed by atoms with Gasteiger partial charge in [-0.2, -0.15) is 9.97 Å². The van der Waals surface area contributed by atoms with Crippen LogP contribution in [0.4, 0.5) is 23.3 Å². The number of hydrogen-bond acceptors (Lipinski definition) is 8. The Kier molecular flexibility index (Phi) is 7.23. The van der Waals surface area contributed by atoms with Crippen molar-refractivity contribution in [3.8, 4) is 0 Å². The third-order valence-electron chi connectivity index (χ3n) is 7.15. The summed E-state index contributed by atoms with van der Waals surface area (Å²) in [6.07, 6.45) is 7.07. The molecule has 1 atom stereocenters. The van der Waals surface area contributed by atoms with Crippen LogP contribution in [-0.2, 0) is 15.7 Å². The van der Waals surface area contributed by atoms with E-state index in [9.17, 15) is 4.57 Å². The number of nitrogen functional groups attached to an aromatic ring is 1. The van der Waals surface area contributed by atoms with E-state index in [0.717, 1.165) is 56.3 Å². The molecule has 1 saturated heterocycles. The molecule has 1 aliphatic carbocycles. The van der Waals surface area contributed by atoms with Crippen LogP contribution < -0.4 is 21.0 Å². The van der Waals surface area contributed by atoms with Crippen molar-refractivity contribution >= 4 is 30.8 Å². The first kappa shape index (κ1) is 23.4. The van der Waals surface area contributed by atoms with E-state index >= 15 is 0 Å². The Hall–Kier alpha value is -2.35. The van der Waals surface area contributed by atoms with Gasteiger partial charge in [-0.3, -0.25) is 9.46 Å². The molecule has 0 bridgehead atoms. The Labute approximate surface area is 202 Å². The van der Waals surface area contributed by atoms with Crippen LogP contribution in [0, 0.1) is 5.92 Å². The molecule has 0 radical (unpaired) electrons. The van der Waals surface area contributed by atoms with Crippen molar-refractivity contribution in [2.24, 2.45) is 5.92 Å². The van der Waals surface area contributed by atoms with Crippen molar-refractivity contribution in [1.29, 1.82) is 0 Å². The summed E-state index contributed by atoms with van der Waals surface area (Å²) in [5.74, 6) is 2.70. The number of nitrogens with zero attached hydrogens (tertiary/aromatic N) is 4. The summed E-state index contributed by atoms with van der Waals surface area (Å²) in [7, 11) is -2.87. The molecular weight excluding hydrogens is 449 g/mol. The number of piperazine rings is 1. The van der Waals surface area contributed by atoms with E-state index in [1.165, 1.54) is 32.1 Å². The van der Waals surface area contributed by atoms with Crippen LogP contribution in [0.5, 0.6) is 0 Å². The minimum absolute atomic E-state index is 0.403. The number of aromatic nitrogens is 2. The standard InChI is InChI=1S/C24H36N7O2P/c25-22-16-23(28-24(27-22)26-17-19-6-2-1-3-7-19)31-12-10-30(11-13-31)14-15-34(32)29-21-9-5-4-8-20(21)18-33-34/h4-5,8-9,16,19H,1-3,6-7,10-15,17-18H2,(H,29,32)(H3,25,26,27,28). The summed E-state index contributed by atoms with van der Waals surface area (Å²) < 4.78 is 18.9. The molecule has 3 heterocycles. The molecule has 3 aliphatic rings. The number of hydrogen-bond donors (Lipinski definition) is 3. The minimum Gasteiger partial charge on any atom is -0.383 e. The lowest BCUT2D eigenvalue weighted by atomic mass is 9.89. The fourth-order valence-corrected chi connectivity index (χ4v) is 6.84. The van der Waals surface area contributed by atoms with Gasteiger partial charge in [0.15, 0.2) is 0 Å². The fraction of sp³-hybridized carbons (Fsp3) is 0.583. The van der Waals surface area contributed by atoms with E-state index in [-0.39, 0.29) is 0 Å². The van der Waals surface area contributed by atoms with Crippen molar-refractivity contribution in [2.75, 3.05) is 66.5 Å². The molecule has 9 nitrogen and oxygen atoms in total. The Morgan fingerprint density at radius 2 is 1.91 bits per heavy atom. The largest absolute Gasteiger partial charge is 0.383 e. The SMILES string of the molecule is Nc1cc(N2CCN(CCP3(=O)Nc4ccccc4CO3)CC2)nc(NCC2CCCCC2)n1. The summed E-state index contributed by atoms with van der Waals surface area (Å²) in [6.45, 7) is 5.51. The molecule has 1 saturated carbocycles. The van der Waals surface area contributed by atoms with Gasteiger partial charge in [-0.05, 0) is 24.8 Å². The van der Waals surface area contributed by atoms with Crippen LogP contribution in [0.2, 0.25) is 0 Å². The average molecular weight is 486 g/mol. The maximum atomic E-state index is 13.2. The zero-order chi connectivity index (χ0) is 23.4. The summed E-state index contributed by atoms with van der Waals surface area (Å²) >= 11 is 0. The minimum atomic E-state index is -2.87. The molecule has 10 heteroatoms. The first-order valence-corrected chi connectivity index (χ1v) is 14.3. The van der Waals surface area contributed by atoms with E-state index < -0.39 is 7.52 Å². The van der Waals surface area contributed by atoms with Gasteiger partial charge in [0.1, 0.15) is 11.6 Å². The lowest BCUT2D eigenvalue weighted by molar-refractivity contribution is 0.259. The maximum absolute atomic E-state index is 13.2. The Morgan fingerprint density at radius 1 is 1.12 bits per heavy atom. The molecule has 1 unspecified atom stereocenters. The number of rotatable bonds is 7. The van der Waals surface area contributed by atoms with E-state index in [1.807, 2.05) is 30.3 Å². The Balaban J connectivity index is 1.11. The second-order valence-corrected chi connectivity index (χ2v) is 11.9. The van der Waals surface area contributed by atoms with Crippen molar-refractivity contribution < 1.29 is 9.09 Å². The Morgan fingerprint density at radius 3 is 2.74 bits per heavy atom. The monoisotopic (exact) mass is 485 g/mol. The predicted molar refractivity (Wildman–Crippen MR) is 137 cm³/mol. The summed E-state index contributed by atoms with van der Waals surface area (Å²) in [5.41, 5.74) is 8.08. The number of benzene rings is 1. The predicted octanol–water partition coefficient (Wildman–Crippen LogP) is 4.01. The second kappa shape index (κ2) is 10.5. The summed E-state index contributed by atoms with van der Waals surface area (Å²) in [4.78, 5) is 13.7. The highest BCUT2D eigenvalue weighted by atomic mass is 31.2. The van der Waals surface area contributed by atoms with Gasteiger partial charge in [0.25, 0.3) is 7.52 Å². The van der Waals surface area contributed by atoms with Crippen molar-refractivity contribution in [1.82, 2.24) is 14.9 Å². The number of nitrogens with two attached hydrogens (primary N) is 1. The summed E-state index contributed by atoms with van der Waals surface area (Å²) in [5, 5.41) is 6.57. The molecule has 0 amide bonds. The number of fused-ring (bicyclic) bond motifs is 1. The molecule has 184 valence electrons. The van der Waals surface area contributed by atoms with Gasteiger partial charge in [0.2, 0.25) is 5.95 Å². The molecule has 34 heavy (non-hydrogen) atoms. The molecule has 4 N–H and O–H groups in total. The molecular formula is C24H36N7O2P. The Bertz CT molecular complexity index is 1020. The normalized spacial score (nSPS) is 23.8. The topological polar surface area (TPSA) is 109 Å². The highest BCUT2D eigenvalue weighted by Gasteiger charge is 2.30. The van der Waals surface area contributed by atoms with E-state index in [1.54, 1.807) is 0 Å². The van der Waals surface area contributed by atoms with Crippen molar-refractivity contribution in [3.05, 3.63) is 35.9 Å². The molecule has 2 aliphatic heterocycles. The third-order valence-corrected chi connectivity index (χ3v) is 9.07. The van der Waals surface area contributed by atoms with Crippen LogP contribution in [0.25, 0.3) is 0 Å². The van der Waals surface area contributed by atoms with E-state index in [0.29, 0.717) is 30.5 Å². The maximum Gasteiger partial charge on any atom is 0.295 e. The average Bonchev–Trinajstić information content (AvgIpc) is 2.87. The molecule has 0 spiro atoms. The van der Waals surface area contributed by atoms with Gasteiger partial charge in [-0.1, -0.05) is 37.5 Å². The molecule has 2 aromatic rings. The van der Waals surface area contributed by atoms with Gasteiger partial charge in [-0.15, -0.1) is 0 Å². The highest BCUT2D eigenvalue weighted by Crippen LogP contribution is 2.51. The quantitative estimate of drug-likeness (QED) is 0.501. The van der Waals surface area contributed by atoms with Crippen molar-refractivity contribution in [2.45, 2.75) is 38.7 Å². The van der Waals surface area contributed by atoms with Gasteiger partial charge < -0.3 is 25.6 Å². The van der Waals surface area contributed by atoms with Gasteiger partial charge in [0, 0.05) is 56.6 Å². The number of nitrogens with one attached hydrogen (secondary N) is 2. The molecule has 2 fully saturated rings. The van der Waals surface area contributed by atoms with Gasteiger partial charge >= 0.3 is 0 Å². The summed E-state index contributed by atoms with van der Waals surface area (Å²) in [6, 6.07) is 9.76. The first-order chi connectivity index (χ1) is 16.6. The van der Waals surface area contributed by atoms with Crippen LogP contribution in [0.1, 0.15) is 37.7 Å². The van der Waals surface area contributed by atoms with Crippen LogP contribution in [0.15, 0.2) is 30.3 Å². The third kappa shape index (κ3) is 5.82. The smallest absolute Gasteiger partial charge is 0.295 e. The molecule has 5 rings (SSSR count). The highest BCUT2D eigenvalue weighted by molar-refractivity contribution is 7.60. The number of anilines is 4. The van der Waals surface area contributed by atoms with Gasteiger partial charge in [0.05, 0.1) is 12.8 Å². The van der Waals surface area contributed by atoms with Crippen LogP contribution in [0.3, 0.4) is 0 Å². The zero-order valence-electron chi connectivity index (χ0n) is 19.8. The number of para-hydroxylation sites is 1. The first-order valence-electron chi connectivity index (χ1n) is 12.5. The van der Waals surface area contributed by atoms with Gasteiger partial charge in [-0.25, -0.2) is 0 Å². The lowest BCUT2D eigenvalue weighted by Crippen LogP contribution is -2.47. The molecule has 1 aromatic heterocycles. The second-order valence-electron chi connectivity index (χ2n) is 9.63. The lowest BCUT2D eigenvalue weighted by Gasteiger charge is -2.36. The fourth-order valence-electron chi connectivity index (χ4n) is 5.06.